The van der Waals surface area contributed by atoms with Gasteiger partial charge in [0, 0.05) is 30.3 Å². The van der Waals surface area contributed by atoms with E-state index in [1.807, 2.05) is 24.5 Å². The molecule has 1 N–H and O–H groups in total. The van der Waals surface area contributed by atoms with Gasteiger partial charge in [0.25, 0.3) is 0 Å². The number of anilines is 1. The molecule has 0 aliphatic rings. The Balaban J connectivity index is 1.61. The summed E-state index contributed by atoms with van der Waals surface area (Å²) in [5.74, 6) is 0. The molecule has 0 radical (unpaired) electrons. The van der Waals surface area contributed by atoms with E-state index in [9.17, 15) is 0 Å². The van der Waals surface area contributed by atoms with Crippen LogP contribution in [-0.2, 0) is 13.6 Å². The molecule has 0 fully saturated rings. The number of nitrogens with zero attached hydrogens (tertiary/aromatic N) is 3. The zero-order chi connectivity index (χ0) is 15.6. The normalized spacial score (nSPS) is 11.0. The third-order valence-electron chi connectivity index (χ3n) is 4.11. The van der Waals surface area contributed by atoms with Gasteiger partial charge in [-0.2, -0.15) is 0 Å². The van der Waals surface area contributed by atoms with Crippen molar-refractivity contribution in [2.75, 3.05) is 5.32 Å². The summed E-state index contributed by atoms with van der Waals surface area (Å²) in [7, 11) is 2.06. The minimum Gasteiger partial charge on any atom is -0.379 e. The molecule has 4 nitrogen and oxygen atoms in total. The van der Waals surface area contributed by atoms with Gasteiger partial charge in [-0.3, -0.25) is 4.57 Å². The second kappa shape index (κ2) is 5.65. The minimum absolute atomic E-state index is 0.800. The average molecular weight is 302 g/mol. The smallest absolute Gasteiger partial charge is 0.100 e. The van der Waals surface area contributed by atoms with E-state index < -0.39 is 0 Å². The highest BCUT2D eigenvalue weighted by Crippen LogP contribution is 2.21. The Morgan fingerprint density at radius 1 is 1.00 bits per heavy atom. The first-order valence-electron chi connectivity index (χ1n) is 7.68. The summed E-state index contributed by atoms with van der Waals surface area (Å²) in [6.45, 7) is 0.800. The molecule has 0 atom stereocenters. The quantitative estimate of drug-likeness (QED) is 0.619. The van der Waals surface area contributed by atoms with E-state index in [-0.39, 0.29) is 0 Å². The van der Waals surface area contributed by atoms with Crippen LogP contribution in [0.4, 0.5) is 5.69 Å². The SMILES string of the molecule is Cn1cccc1CNc1ccc2c(c1)ncn2-c1ccccc1. The highest BCUT2D eigenvalue weighted by molar-refractivity contribution is 5.81. The van der Waals surface area contributed by atoms with Crippen LogP contribution in [0.2, 0.25) is 0 Å². The van der Waals surface area contributed by atoms with Crippen LogP contribution in [0.3, 0.4) is 0 Å². The second-order valence-electron chi connectivity index (χ2n) is 5.62. The molecule has 2 heterocycles. The molecule has 4 rings (SSSR count). The lowest BCUT2D eigenvalue weighted by atomic mass is 10.2. The van der Waals surface area contributed by atoms with E-state index in [1.54, 1.807) is 0 Å². The van der Waals surface area contributed by atoms with Crippen molar-refractivity contribution in [1.82, 2.24) is 14.1 Å². The van der Waals surface area contributed by atoms with Gasteiger partial charge in [-0.15, -0.1) is 0 Å². The lowest BCUT2D eigenvalue weighted by Gasteiger charge is -2.08. The van der Waals surface area contributed by atoms with Gasteiger partial charge in [0.15, 0.2) is 0 Å². The van der Waals surface area contributed by atoms with Crippen LogP contribution in [0, 0.1) is 0 Å². The number of aryl methyl sites for hydroxylation is 1. The highest BCUT2D eigenvalue weighted by atomic mass is 15.0. The van der Waals surface area contributed by atoms with E-state index in [1.165, 1.54) is 5.69 Å². The molecule has 0 saturated carbocycles. The molecule has 0 aliphatic carbocycles. The zero-order valence-electron chi connectivity index (χ0n) is 13.0. The number of benzene rings is 2. The molecular formula is C19H18N4. The predicted octanol–water partition coefficient (Wildman–Crippen LogP) is 3.98. The van der Waals surface area contributed by atoms with Crippen LogP contribution >= 0.6 is 0 Å². The number of imidazole rings is 1. The lowest BCUT2D eigenvalue weighted by Crippen LogP contribution is -2.03. The highest BCUT2D eigenvalue weighted by Gasteiger charge is 2.05. The van der Waals surface area contributed by atoms with E-state index in [0.29, 0.717) is 0 Å². The van der Waals surface area contributed by atoms with Gasteiger partial charge in [-0.05, 0) is 42.5 Å². The Morgan fingerprint density at radius 2 is 1.87 bits per heavy atom. The summed E-state index contributed by atoms with van der Waals surface area (Å²) in [6.07, 6.45) is 3.93. The summed E-state index contributed by atoms with van der Waals surface area (Å²) in [5.41, 5.74) is 5.56. The van der Waals surface area contributed by atoms with Crippen LogP contribution in [-0.4, -0.2) is 14.1 Å². The first-order chi connectivity index (χ1) is 11.3. The molecule has 0 amide bonds. The Kier molecular flexibility index (Phi) is 3.35. The fourth-order valence-corrected chi connectivity index (χ4v) is 2.79. The molecule has 2 aromatic carbocycles. The van der Waals surface area contributed by atoms with Gasteiger partial charge in [-0.1, -0.05) is 18.2 Å². The van der Waals surface area contributed by atoms with E-state index in [4.69, 9.17) is 0 Å². The van der Waals surface area contributed by atoms with Crippen LogP contribution in [0.5, 0.6) is 0 Å². The summed E-state index contributed by atoms with van der Waals surface area (Å²) in [5, 5.41) is 3.46. The topological polar surface area (TPSA) is 34.8 Å². The van der Waals surface area contributed by atoms with Crippen LogP contribution in [0.25, 0.3) is 16.7 Å². The first kappa shape index (κ1) is 13.6. The van der Waals surface area contributed by atoms with Gasteiger partial charge in [0.2, 0.25) is 0 Å². The summed E-state index contributed by atoms with van der Waals surface area (Å²) in [4.78, 5) is 4.54. The summed E-state index contributed by atoms with van der Waals surface area (Å²) < 4.78 is 4.23. The van der Waals surface area contributed by atoms with Crippen molar-refractivity contribution in [3.8, 4) is 5.69 Å². The fraction of sp³-hybridized carbons (Fsp3) is 0.105. The van der Waals surface area contributed by atoms with Crippen molar-refractivity contribution in [1.29, 1.82) is 0 Å². The Labute approximate surface area is 135 Å². The summed E-state index contributed by atoms with van der Waals surface area (Å²) in [6, 6.07) is 20.8. The zero-order valence-corrected chi connectivity index (χ0v) is 13.0. The molecule has 114 valence electrons. The average Bonchev–Trinajstić information content (AvgIpc) is 3.19. The first-order valence-corrected chi connectivity index (χ1v) is 7.68. The number of aromatic nitrogens is 3. The third-order valence-corrected chi connectivity index (χ3v) is 4.11. The number of nitrogens with one attached hydrogen (secondary N) is 1. The number of rotatable bonds is 4. The molecule has 0 aliphatic heterocycles. The van der Waals surface area contributed by atoms with Crippen molar-refractivity contribution in [2.45, 2.75) is 6.54 Å². The number of fused-ring (bicyclic) bond motifs is 1. The van der Waals surface area contributed by atoms with E-state index in [2.05, 4.69) is 75.1 Å². The number of hydrogen-bond acceptors (Lipinski definition) is 2. The van der Waals surface area contributed by atoms with Gasteiger partial charge in [0.1, 0.15) is 6.33 Å². The predicted molar refractivity (Wildman–Crippen MR) is 93.8 cm³/mol. The monoisotopic (exact) mass is 302 g/mol. The molecular weight excluding hydrogens is 284 g/mol. The van der Waals surface area contributed by atoms with Crippen LogP contribution < -0.4 is 5.32 Å². The maximum Gasteiger partial charge on any atom is 0.100 e. The van der Waals surface area contributed by atoms with Gasteiger partial charge >= 0.3 is 0 Å². The largest absolute Gasteiger partial charge is 0.379 e. The maximum atomic E-state index is 4.54. The number of para-hydroxylation sites is 1. The third kappa shape index (κ3) is 2.59. The van der Waals surface area contributed by atoms with Crippen molar-refractivity contribution in [3.63, 3.8) is 0 Å². The maximum absolute atomic E-state index is 4.54. The van der Waals surface area contributed by atoms with Crippen molar-refractivity contribution >= 4 is 16.7 Å². The van der Waals surface area contributed by atoms with Gasteiger partial charge in [0.05, 0.1) is 17.6 Å². The van der Waals surface area contributed by atoms with Crippen molar-refractivity contribution in [3.05, 3.63) is 78.9 Å². The van der Waals surface area contributed by atoms with Crippen molar-refractivity contribution in [2.24, 2.45) is 7.05 Å². The molecule has 4 heteroatoms. The minimum atomic E-state index is 0.800. The summed E-state index contributed by atoms with van der Waals surface area (Å²) >= 11 is 0. The number of hydrogen-bond donors (Lipinski definition) is 1. The van der Waals surface area contributed by atoms with E-state index >= 15 is 0 Å². The molecule has 0 spiro atoms. The standard InChI is InChI=1S/C19H18N4/c1-22-11-5-8-17(22)13-20-15-9-10-19-18(12-15)21-14-23(19)16-6-3-2-4-7-16/h2-12,14,20H,13H2,1H3. The van der Waals surface area contributed by atoms with E-state index in [0.717, 1.165) is 29.0 Å². The van der Waals surface area contributed by atoms with Crippen molar-refractivity contribution < 1.29 is 0 Å². The molecule has 23 heavy (non-hydrogen) atoms. The van der Waals surface area contributed by atoms with Crippen LogP contribution in [0.1, 0.15) is 5.69 Å². The lowest BCUT2D eigenvalue weighted by molar-refractivity contribution is 0.842. The van der Waals surface area contributed by atoms with Crippen LogP contribution in [0.15, 0.2) is 73.2 Å². The molecule has 4 aromatic rings. The second-order valence-corrected chi connectivity index (χ2v) is 5.62. The van der Waals surface area contributed by atoms with Gasteiger partial charge in [-0.25, -0.2) is 4.98 Å². The Bertz CT molecular complexity index is 934. The Morgan fingerprint density at radius 3 is 2.65 bits per heavy atom. The molecule has 0 saturated heterocycles. The van der Waals surface area contributed by atoms with Gasteiger partial charge < -0.3 is 9.88 Å². The molecule has 0 bridgehead atoms. The fourth-order valence-electron chi connectivity index (χ4n) is 2.79. The molecule has 2 aromatic heterocycles. The Hall–Kier alpha value is -3.01. The molecule has 0 unspecified atom stereocenters.